The number of thioether (sulfide) groups is 1. The van der Waals surface area contributed by atoms with Crippen molar-refractivity contribution in [1.82, 2.24) is 30.1 Å². The highest BCUT2D eigenvalue weighted by Gasteiger charge is 2.22. The van der Waals surface area contributed by atoms with Gasteiger partial charge in [-0.3, -0.25) is 9.59 Å². The highest BCUT2D eigenvalue weighted by Crippen LogP contribution is 2.17. The number of nitrogens with one attached hydrogen (secondary N) is 1. The van der Waals surface area contributed by atoms with Gasteiger partial charge in [0.15, 0.2) is 5.78 Å². The van der Waals surface area contributed by atoms with E-state index in [1.807, 2.05) is 11.8 Å². The van der Waals surface area contributed by atoms with Crippen LogP contribution in [0.2, 0.25) is 0 Å². The number of aryl methyl sites for hydroxylation is 1. The minimum Gasteiger partial charge on any atom is -0.356 e. The lowest BCUT2D eigenvalue weighted by Gasteiger charge is -2.13. The smallest absolute Gasteiger partial charge is 0.270 e. The standard InChI is InChI=1S/C14H18N6O2S/c1-2-20-14(16-17-18-20)23-9-12(21)10-7-11(15-8-10)13(22)19-5-3-4-6-19/h7-8,15H,2-6,9H2,1H3. The molecule has 3 heterocycles. The average molecular weight is 334 g/mol. The molecule has 0 spiro atoms. The van der Waals surface area contributed by atoms with E-state index in [1.54, 1.807) is 16.9 Å². The van der Waals surface area contributed by atoms with Gasteiger partial charge in [-0.1, -0.05) is 11.8 Å². The molecule has 1 aliphatic heterocycles. The summed E-state index contributed by atoms with van der Waals surface area (Å²) in [6, 6.07) is 1.63. The van der Waals surface area contributed by atoms with Gasteiger partial charge in [0.05, 0.1) is 5.75 Å². The number of ketones is 1. The molecule has 9 heteroatoms. The minimum absolute atomic E-state index is 0.0378. The van der Waals surface area contributed by atoms with Crippen molar-refractivity contribution in [3.63, 3.8) is 0 Å². The second-order valence-electron chi connectivity index (χ2n) is 5.29. The second-order valence-corrected chi connectivity index (χ2v) is 6.23. The zero-order valence-corrected chi connectivity index (χ0v) is 13.7. The summed E-state index contributed by atoms with van der Waals surface area (Å²) in [5.74, 6) is 0.136. The van der Waals surface area contributed by atoms with Crippen LogP contribution in [0.25, 0.3) is 0 Å². The molecule has 0 atom stereocenters. The summed E-state index contributed by atoms with van der Waals surface area (Å²) in [4.78, 5) is 29.2. The number of rotatable bonds is 6. The van der Waals surface area contributed by atoms with E-state index in [9.17, 15) is 9.59 Å². The Morgan fingerprint density at radius 2 is 2.13 bits per heavy atom. The van der Waals surface area contributed by atoms with Crippen LogP contribution < -0.4 is 0 Å². The van der Waals surface area contributed by atoms with Crippen LogP contribution in [0.4, 0.5) is 0 Å². The van der Waals surface area contributed by atoms with E-state index in [1.165, 1.54) is 11.8 Å². The molecule has 0 unspecified atom stereocenters. The molecule has 23 heavy (non-hydrogen) atoms. The van der Waals surface area contributed by atoms with Gasteiger partial charge in [0.25, 0.3) is 5.91 Å². The Morgan fingerprint density at radius 3 is 2.87 bits per heavy atom. The molecule has 122 valence electrons. The third kappa shape index (κ3) is 3.44. The predicted molar refractivity (Wildman–Crippen MR) is 84.5 cm³/mol. The van der Waals surface area contributed by atoms with Crippen LogP contribution in [0, 0.1) is 0 Å². The van der Waals surface area contributed by atoms with Gasteiger partial charge in [-0.05, 0) is 36.3 Å². The number of likely N-dealkylation sites (tertiary alicyclic amines) is 1. The van der Waals surface area contributed by atoms with Crippen molar-refractivity contribution >= 4 is 23.5 Å². The van der Waals surface area contributed by atoms with Crippen LogP contribution in [0.1, 0.15) is 40.6 Å². The van der Waals surface area contributed by atoms with Crippen LogP contribution in [0.5, 0.6) is 0 Å². The largest absolute Gasteiger partial charge is 0.356 e. The van der Waals surface area contributed by atoms with Gasteiger partial charge < -0.3 is 9.88 Å². The molecule has 2 aromatic rings. The van der Waals surface area contributed by atoms with Gasteiger partial charge in [0.1, 0.15) is 5.69 Å². The molecule has 1 amide bonds. The third-order valence-corrected chi connectivity index (χ3v) is 4.72. The molecule has 1 saturated heterocycles. The van der Waals surface area contributed by atoms with E-state index in [4.69, 9.17) is 0 Å². The summed E-state index contributed by atoms with van der Waals surface area (Å²) in [6.45, 7) is 4.17. The number of aromatic amines is 1. The van der Waals surface area contributed by atoms with Crippen molar-refractivity contribution in [2.75, 3.05) is 18.8 Å². The van der Waals surface area contributed by atoms with E-state index >= 15 is 0 Å². The minimum atomic E-state index is -0.0580. The average Bonchev–Trinajstić information content (AvgIpc) is 3.33. The lowest BCUT2D eigenvalue weighted by molar-refractivity contribution is 0.0787. The zero-order chi connectivity index (χ0) is 16.2. The van der Waals surface area contributed by atoms with Crippen LogP contribution in [0.3, 0.4) is 0 Å². The summed E-state index contributed by atoms with van der Waals surface area (Å²) in [5, 5.41) is 11.9. The lowest BCUT2D eigenvalue weighted by Crippen LogP contribution is -2.27. The number of aromatic nitrogens is 5. The molecule has 0 radical (unpaired) electrons. The Morgan fingerprint density at radius 1 is 1.35 bits per heavy atom. The molecule has 0 aliphatic carbocycles. The van der Waals surface area contributed by atoms with Gasteiger partial charge >= 0.3 is 0 Å². The number of nitrogens with zero attached hydrogens (tertiary/aromatic N) is 5. The Kier molecular flexibility index (Phi) is 4.75. The van der Waals surface area contributed by atoms with E-state index in [0.29, 0.717) is 23.0 Å². The monoisotopic (exact) mass is 334 g/mol. The Balaban J connectivity index is 1.61. The third-order valence-electron chi connectivity index (χ3n) is 3.76. The van der Waals surface area contributed by atoms with Crippen molar-refractivity contribution in [2.45, 2.75) is 31.5 Å². The van der Waals surface area contributed by atoms with E-state index in [-0.39, 0.29) is 17.4 Å². The van der Waals surface area contributed by atoms with Crippen LogP contribution >= 0.6 is 11.8 Å². The molecule has 3 rings (SSSR count). The summed E-state index contributed by atoms with van der Waals surface area (Å²) < 4.78 is 1.64. The summed E-state index contributed by atoms with van der Waals surface area (Å²) in [5.41, 5.74) is 0.981. The molecule has 1 aliphatic rings. The summed E-state index contributed by atoms with van der Waals surface area (Å²) in [6.07, 6.45) is 3.68. The van der Waals surface area contributed by atoms with E-state index in [0.717, 1.165) is 25.9 Å². The predicted octanol–water partition coefficient (Wildman–Crippen LogP) is 1.23. The molecule has 0 aromatic carbocycles. The normalized spacial score (nSPS) is 14.4. The summed E-state index contributed by atoms with van der Waals surface area (Å²) >= 11 is 1.29. The number of carbonyl (C=O) groups excluding carboxylic acids is 2. The van der Waals surface area contributed by atoms with Gasteiger partial charge in [-0.2, -0.15) is 0 Å². The molecule has 1 fully saturated rings. The molecule has 0 bridgehead atoms. The summed E-state index contributed by atoms with van der Waals surface area (Å²) in [7, 11) is 0. The molecule has 0 saturated carbocycles. The van der Waals surface area contributed by atoms with E-state index in [2.05, 4.69) is 20.5 Å². The Labute approximate surface area is 137 Å². The second kappa shape index (κ2) is 6.95. The quantitative estimate of drug-likeness (QED) is 0.630. The van der Waals surface area contributed by atoms with Crippen LogP contribution in [0.15, 0.2) is 17.4 Å². The number of Topliss-reactive ketones (excluding diaryl/α,β-unsaturated/α-hetero) is 1. The maximum Gasteiger partial charge on any atom is 0.270 e. The van der Waals surface area contributed by atoms with Gasteiger partial charge in [-0.15, -0.1) is 5.10 Å². The fourth-order valence-corrected chi connectivity index (χ4v) is 3.32. The Bertz CT molecular complexity index is 704. The fraction of sp³-hybridized carbons (Fsp3) is 0.500. The van der Waals surface area contributed by atoms with Crippen molar-refractivity contribution in [1.29, 1.82) is 0 Å². The van der Waals surface area contributed by atoms with Crippen LogP contribution in [-0.4, -0.2) is 60.6 Å². The zero-order valence-electron chi connectivity index (χ0n) is 12.9. The van der Waals surface area contributed by atoms with Crippen molar-refractivity contribution in [3.8, 4) is 0 Å². The number of carbonyl (C=O) groups is 2. The first-order chi connectivity index (χ1) is 11.2. The van der Waals surface area contributed by atoms with Crippen LogP contribution in [-0.2, 0) is 6.54 Å². The fourth-order valence-electron chi connectivity index (χ4n) is 2.48. The first-order valence-electron chi connectivity index (χ1n) is 7.59. The number of hydrogen-bond acceptors (Lipinski definition) is 6. The Hall–Kier alpha value is -2.16. The maximum atomic E-state index is 12.3. The molecule has 8 nitrogen and oxygen atoms in total. The van der Waals surface area contributed by atoms with Gasteiger partial charge in [0.2, 0.25) is 5.16 Å². The van der Waals surface area contributed by atoms with Gasteiger partial charge in [-0.25, -0.2) is 4.68 Å². The highest BCUT2D eigenvalue weighted by atomic mass is 32.2. The topological polar surface area (TPSA) is 96.8 Å². The number of hydrogen-bond donors (Lipinski definition) is 1. The van der Waals surface area contributed by atoms with Crippen molar-refractivity contribution in [3.05, 3.63) is 23.5 Å². The molecule has 1 N–H and O–H groups in total. The first kappa shape index (κ1) is 15.7. The molecular formula is C14H18N6O2S. The maximum absolute atomic E-state index is 12.3. The number of tetrazole rings is 1. The molecular weight excluding hydrogens is 316 g/mol. The van der Waals surface area contributed by atoms with Crippen molar-refractivity contribution in [2.24, 2.45) is 0 Å². The van der Waals surface area contributed by atoms with Gasteiger partial charge in [0, 0.05) is 31.4 Å². The first-order valence-corrected chi connectivity index (χ1v) is 8.57. The lowest BCUT2D eigenvalue weighted by atomic mass is 10.2. The van der Waals surface area contributed by atoms with Crippen molar-refractivity contribution < 1.29 is 9.59 Å². The SMILES string of the molecule is CCn1nnnc1SCC(=O)c1c[nH]c(C(=O)N2CCCC2)c1. The highest BCUT2D eigenvalue weighted by molar-refractivity contribution is 7.99. The number of amides is 1. The number of H-pyrrole nitrogens is 1. The van der Waals surface area contributed by atoms with E-state index < -0.39 is 0 Å². The molecule has 2 aromatic heterocycles.